The highest BCUT2D eigenvalue weighted by atomic mass is 16.4. The van der Waals surface area contributed by atoms with Crippen molar-refractivity contribution in [3.05, 3.63) is 33.7 Å². The van der Waals surface area contributed by atoms with Crippen LogP contribution in [-0.2, 0) is 11.2 Å². The first kappa shape index (κ1) is 17.9. The molecule has 1 rings (SSSR count). The predicted octanol–water partition coefficient (Wildman–Crippen LogP) is 1.90. The molecule has 0 saturated carbocycles. The third kappa shape index (κ3) is 5.35. The smallest absolute Gasteiger partial charge is 0.305 e. The fourth-order valence-corrected chi connectivity index (χ4v) is 2.25. The standard InChI is InChI=1S/C16H24N2O4/c1-10(2)7-13-8-12(9-14(19)17-13)16(22)18(11(3)4)6-5-15(20)21/h8-11H,5-7H2,1-4H3,(H,17,19)(H,20,21). The number of carboxylic acids is 1. The van der Waals surface area contributed by atoms with Gasteiger partial charge in [-0.15, -0.1) is 0 Å². The molecule has 22 heavy (non-hydrogen) atoms. The Balaban J connectivity index is 3.05. The van der Waals surface area contributed by atoms with E-state index in [1.54, 1.807) is 6.07 Å². The van der Waals surface area contributed by atoms with Gasteiger partial charge in [-0.05, 0) is 32.3 Å². The second kappa shape index (κ2) is 7.77. The monoisotopic (exact) mass is 308 g/mol. The van der Waals surface area contributed by atoms with Gasteiger partial charge in [0.25, 0.3) is 5.91 Å². The van der Waals surface area contributed by atoms with E-state index in [9.17, 15) is 14.4 Å². The molecule has 0 saturated heterocycles. The molecule has 0 spiro atoms. The molecule has 0 aliphatic heterocycles. The summed E-state index contributed by atoms with van der Waals surface area (Å²) in [5.74, 6) is -0.911. The van der Waals surface area contributed by atoms with Crippen LogP contribution in [0.25, 0.3) is 0 Å². The van der Waals surface area contributed by atoms with Crippen LogP contribution in [0.15, 0.2) is 16.9 Å². The highest BCUT2D eigenvalue weighted by Gasteiger charge is 2.20. The molecule has 0 unspecified atom stereocenters. The molecule has 6 heteroatoms. The first-order chi connectivity index (χ1) is 10.2. The number of hydrogen-bond acceptors (Lipinski definition) is 3. The van der Waals surface area contributed by atoms with Crippen molar-refractivity contribution in [2.75, 3.05) is 6.54 Å². The van der Waals surface area contributed by atoms with Crippen molar-refractivity contribution < 1.29 is 14.7 Å². The number of hydrogen-bond donors (Lipinski definition) is 2. The molecular formula is C16H24N2O4. The Morgan fingerprint density at radius 3 is 2.36 bits per heavy atom. The summed E-state index contributed by atoms with van der Waals surface area (Å²) in [7, 11) is 0. The maximum absolute atomic E-state index is 12.6. The van der Waals surface area contributed by atoms with E-state index >= 15 is 0 Å². The maximum atomic E-state index is 12.6. The van der Waals surface area contributed by atoms with E-state index in [4.69, 9.17) is 5.11 Å². The molecule has 0 aromatic carbocycles. The normalized spacial score (nSPS) is 11.0. The third-order valence-electron chi connectivity index (χ3n) is 3.23. The highest BCUT2D eigenvalue weighted by Crippen LogP contribution is 2.11. The lowest BCUT2D eigenvalue weighted by Gasteiger charge is -2.26. The van der Waals surface area contributed by atoms with Crippen LogP contribution in [0.5, 0.6) is 0 Å². The van der Waals surface area contributed by atoms with Gasteiger partial charge in [0, 0.05) is 29.9 Å². The summed E-state index contributed by atoms with van der Waals surface area (Å²) in [6.45, 7) is 7.82. The minimum absolute atomic E-state index is 0.119. The van der Waals surface area contributed by atoms with Crippen LogP contribution in [0.2, 0.25) is 0 Å². The minimum Gasteiger partial charge on any atom is -0.481 e. The van der Waals surface area contributed by atoms with Crippen LogP contribution in [0.1, 0.15) is 50.2 Å². The van der Waals surface area contributed by atoms with Crippen molar-refractivity contribution in [3.63, 3.8) is 0 Å². The fourth-order valence-electron chi connectivity index (χ4n) is 2.25. The molecule has 0 atom stereocenters. The van der Waals surface area contributed by atoms with Crippen molar-refractivity contribution in [1.29, 1.82) is 0 Å². The van der Waals surface area contributed by atoms with Gasteiger partial charge in [-0.3, -0.25) is 14.4 Å². The lowest BCUT2D eigenvalue weighted by atomic mass is 10.1. The van der Waals surface area contributed by atoms with E-state index in [0.29, 0.717) is 23.6 Å². The number of amides is 1. The zero-order valence-corrected chi connectivity index (χ0v) is 13.5. The first-order valence-corrected chi connectivity index (χ1v) is 7.46. The van der Waals surface area contributed by atoms with Crippen LogP contribution < -0.4 is 5.56 Å². The molecule has 0 aliphatic rings. The molecule has 0 fully saturated rings. The number of carbonyl (C=O) groups excluding carboxylic acids is 1. The van der Waals surface area contributed by atoms with Gasteiger partial charge >= 0.3 is 5.97 Å². The van der Waals surface area contributed by atoms with E-state index in [1.807, 2.05) is 27.7 Å². The van der Waals surface area contributed by atoms with E-state index in [2.05, 4.69) is 4.98 Å². The van der Waals surface area contributed by atoms with Gasteiger partial charge in [0.2, 0.25) is 5.56 Å². The number of aliphatic carboxylic acids is 1. The number of aromatic amines is 1. The molecular weight excluding hydrogens is 284 g/mol. The molecule has 1 amide bonds. The van der Waals surface area contributed by atoms with Gasteiger partial charge in [0.15, 0.2) is 0 Å². The lowest BCUT2D eigenvalue weighted by molar-refractivity contribution is -0.137. The van der Waals surface area contributed by atoms with Crippen LogP contribution in [-0.4, -0.2) is 39.5 Å². The predicted molar refractivity (Wildman–Crippen MR) is 84.0 cm³/mol. The summed E-state index contributed by atoms with van der Waals surface area (Å²) in [5.41, 5.74) is 0.703. The lowest BCUT2D eigenvalue weighted by Crippen LogP contribution is -2.39. The molecule has 1 heterocycles. The number of rotatable bonds is 7. The molecule has 122 valence electrons. The van der Waals surface area contributed by atoms with Crippen LogP contribution >= 0.6 is 0 Å². The first-order valence-electron chi connectivity index (χ1n) is 7.46. The summed E-state index contributed by atoms with van der Waals surface area (Å²) in [4.78, 5) is 39.2. The average Bonchev–Trinajstić information content (AvgIpc) is 2.36. The van der Waals surface area contributed by atoms with Gasteiger partial charge < -0.3 is 15.0 Å². The summed E-state index contributed by atoms with van der Waals surface area (Å²) in [6, 6.07) is 2.81. The summed E-state index contributed by atoms with van der Waals surface area (Å²) in [6.07, 6.45) is 0.555. The molecule has 6 nitrogen and oxygen atoms in total. The largest absolute Gasteiger partial charge is 0.481 e. The molecule has 0 radical (unpaired) electrons. The topological polar surface area (TPSA) is 90.5 Å². The van der Waals surface area contributed by atoms with Gasteiger partial charge in [0.05, 0.1) is 6.42 Å². The van der Waals surface area contributed by atoms with Crippen LogP contribution in [0.3, 0.4) is 0 Å². The Hall–Kier alpha value is -2.11. The van der Waals surface area contributed by atoms with Gasteiger partial charge in [-0.2, -0.15) is 0 Å². The van der Waals surface area contributed by atoms with Crippen molar-refractivity contribution >= 4 is 11.9 Å². The van der Waals surface area contributed by atoms with E-state index in [1.165, 1.54) is 11.0 Å². The minimum atomic E-state index is -0.954. The summed E-state index contributed by atoms with van der Waals surface area (Å²) in [5, 5.41) is 8.79. The summed E-state index contributed by atoms with van der Waals surface area (Å²) < 4.78 is 0. The van der Waals surface area contributed by atoms with E-state index in [0.717, 1.165) is 0 Å². The number of aromatic nitrogens is 1. The molecule has 2 N–H and O–H groups in total. The highest BCUT2D eigenvalue weighted by molar-refractivity contribution is 5.94. The van der Waals surface area contributed by atoms with E-state index < -0.39 is 5.97 Å². The number of pyridine rings is 1. The Labute approximate surface area is 130 Å². The molecule has 0 aliphatic carbocycles. The Kier molecular flexibility index (Phi) is 6.34. The van der Waals surface area contributed by atoms with Gasteiger partial charge in [0.1, 0.15) is 0 Å². The van der Waals surface area contributed by atoms with Crippen LogP contribution in [0.4, 0.5) is 0 Å². The quantitative estimate of drug-likeness (QED) is 0.805. The zero-order chi connectivity index (χ0) is 16.9. The molecule has 1 aromatic rings. The molecule has 0 bridgehead atoms. The number of H-pyrrole nitrogens is 1. The van der Waals surface area contributed by atoms with Gasteiger partial charge in [-0.1, -0.05) is 13.8 Å². The number of carbonyl (C=O) groups is 2. The Morgan fingerprint density at radius 2 is 1.86 bits per heavy atom. The zero-order valence-electron chi connectivity index (χ0n) is 13.5. The fraction of sp³-hybridized carbons (Fsp3) is 0.562. The second-order valence-electron chi connectivity index (χ2n) is 6.09. The van der Waals surface area contributed by atoms with Crippen molar-refractivity contribution in [2.45, 2.75) is 46.6 Å². The van der Waals surface area contributed by atoms with Gasteiger partial charge in [-0.25, -0.2) is 0 Å². The molecule has 1 aromatic heterocycles. The number of carboxylic acid groups (broad SMARTS) is 1. The van der Waals surface area contributed by atoms with Crippen molar-refractivity contribution in [2.24, 2.45) is 5.92 Å². The Bertz CT molecular complexity index is 590. The van der Waals surface area contributed by atoms with E-state index in [-0.39, 0.29) is 30.5 Å². The van der Waals surface area contributed by atoms with Crippen LogP contribution in [0, 0.1) is 5.92 Å². The van der Waals surface area contributed by atoms with Crippen molar-refractivity contribution in [1.82, 2.24) is 9.88 Å². The number of nitrogens with one attached hydrogen (secondary N) is 1. The SMILES string of the molecule is CC(C)Cc1cc(C(=O)N(CCC(=O)O)C(C)C)cc(=O)[nH]1. The van der Waals surface area contributed by atoms with Crippen molar-refractivity contribution in [3.8, 4) is 0 Å². The number of nitrogens with zero attached hydrogens (tertiary/aromatic N) is 1. The second-order valence-corrected chi connectivity index (χ2v) is 6.09. The third-order valence-corrected chi connectivity index (χ3v) is 3.23. The Morgan fingerprint density at radius 1 is 1.23 bits per heavy atom. The maximum Gasteiger partial charge on any atom is 0.305 e. The average molecular weight is 308 g/mol. The summed E-state index contributed by atoms with van der Waals surface area (Å²) >= 11 is 0.